The van der Waals surface area contributed by atoms with Crippen molar-refractivity contribution < 1.29 is 13.2 Å². The van der Waals surface area contributed by atoms with Gasteiger partial charge in [0.05, 0.1) is 4.90 Å². The Hall–Kier alpha value is -2.27. The summed E-state index contributed by atoms with van der Waals surface area (Å²) in [7, 11) is -3.55. The molecule has 10 heteroatoms. The summed E-state index contributed by atoms with van der Waals surface area (Å²) in [6.45, 7) is 0.631. The lowest BCUT2D eigenvalue weighted by Crippen LogP contribution is -2.41. The number of hydrogen-bond acceptors (Lipinski definition) is 7. The number of thioether (sulfide) groups is 1. The van der Waals surface area contributed by atoms with Gasteiger partial charge in [0.25, 0.3) is 0 Å². The lowest BCUT2D eigenvalue weighted by atomic mass is 9.97. The van der Waals surface area contributed by atoms with Crippen LogP contribution in [0.15, 0.2) is 64.4 Å². The molecule has 1 aromatic heterocycles. The molecule has 2 aromatic carbocycles. The van der Waals surface area contributed by atoms with Crippen molar-refractivity contribution in [2.45, 2.75) is 22.6 Å². The number of anilines is 1. The molecule has 1 aliphatic rings. The van der Waals surface area contributed by atoms with Crippen LogP contribution in [0.2, 0.25) is 0 Å². The van der Waals surface area contributed by atoms with Crippen molar-refractivity contribution >= 4 is 44.2 Å². The molecule has 1 saturated heterocycles. The number of carbonyl (C=O) groups excluding carboxylic acids is 1. The van der Waals surface area contributed by atoms with E-state index in [9.17, 15) is 13.2 Å². The quantitative estimate of drug-likeness (QED) is 0.544. The fraction of sp³-hybridized carbons (Fsp3) is 0.286. The highest BCUT2D eigenvalue weighted by atomic mass is 32.2. The molecule has 0 bridgehead atoms. The third-order valence-electron chi connectivity index (χ3n) is 5.20. The summed E-state index contributed by atoms with van der Waals surface area (Å²) in [4.78, 5) is 14.0. The van der Waals surface area contributed by atoms with Gasteiger partial charge in [0.15, 0.2) is 0 Å². The third-order valence-corrected chi connectivity index (χ3v) is 8.74. The summed E-state index contributed by atoms with van der Waals surface area (Å²) >= 11 is 2.89. The van der Waals surface area contributed by atoms with Crippen LogP contribution in [0.25, 0.3) is 10.6 Å². The molecule has 162 valence electrons. The molecule has 1 fully saturated rings. The number of sulfonamides is 1. The molecule has 1 N–H and O–H groups in total. The maximum atomic E-state index is 12.9. The number of aromatic nitrogens is 2. The van der Waals surface area contributed by atoms with E-state index in [2.05, 4.69) is 15.5 Å². The Balaban J connectivity index is 1.35. The average molecular weight is 475 g/mol. The van der Waals surface area contributed by atoms with Crippen molar-refractivity contribution in [3.8, 4) is 10.6 Å². The van der Waals surface area contributed by atoms with E-state index in [0.717, 1.165) is 15.5 Å². The van der Waals surface area contributed by atoms with Crippen LogP contribution in [0.3, 0.4) is 0 Å². The fourth-order valence-corrected chi connectivity index (χ4v) is 6.06. The Labute approximate surface area is 189 Å². The van der Waals surface area contributed by atoms with E-state index in [-0.39, 0.29) is 16.7 Å². The van der Waals surface area contributed by atoms with Crippen LogP contribution in [0.4, 0.5) is 5.13 Å². The first kappa shape index (κ1) is 21.9. The smallest absolute Gasteiger partial charge is 0.243 e. The maximum absolute atomic E-state index is 12.9. The first-order valence-corrected chi connectivity index (χ1v) is 13.3. The van der Waals surface area contributed by atoms with E-state index >= 15 is 0 Å². The Bertz CT molecular complexity index is 1140. The van der Waals surface area contributed by atoms with Gasteiger partial charge in [0, 0.05) is 29.5 Å². The van der Waals surface area contributed by atoms with Gasteiger partial charge in [-0.1, -0.05) is 41.7 Å². The van der Waals surface area contributed by atoms with Crippen molar-refractivity contribution in [2.75, 3.05) is 24.7 Å². The minimum Gasteiger partial charge on any atom is -0.300 e. The zero-order chi connectivity index (χ0) is 21.8. The molecule has 0 atom stereocenters. The van der Waals surface area contributed by atoms with Crippen molar-refractivity contribution in [2.24, 2.45) is 5.92 Å². The van der Waals surface area contributed by atoms with Gasteiger partial charge in [-0.3, -0.25) is 4.79 Å². The van der Waals surface area contributed by atoms with Gasteiger partial charge < -0.3 is 5.32 Å². The van der Waals surface area contributed by atoms with Crippen molar-refractivity contribution in [1.82, 2.24) is 14.5 Å². The molecule has 3 aromatic rings. The van der Waals surface area contributed by atoms with E-state index in [1.807, 2.05) is 48.7 Å². The van der Waals surface area contributed by atoms with E-state index in [1.54, 1.807) is 23.9 Å². The Morgan fingerprint density at radius 3 is 2.39 bits per heavy atom. The van der Waals surface area contributed by atoms with Gasteiger partial charge in [-0.05, 0) is 43.4 Å². The number of nitrogens with one attached hydrogen (secondary N) is 1. The third kappa shape index (κ3) is 4.98. The largest absolute Gasteiger partial charge is 0.300 e. The zero-order valence-corrected chi connectivity index (χ0v) is 19.3. The van der Waals surface area contributed by atoms with Crippen molar-refractivity contribution in [3.05, 3.63) is 54.6 Å². The summed E-state index contributed by atoms with van der Waals surface area (Å²) in [5.74, 6) is -0.397. The van der Waals surface area contributed by atoms with Crippen LogP contribution in [0, 0.1) is 5.92 Å². The topological polar surface area (TPSA) is 92.3 Å². The molecule has 31 heavy (non-hydrogen) atoms. The monoisotopic (exact) mass is 474 g/mol. The molecule has 0 unspecified atom stereocenters. The van der Waals surface area contributed by atoms with Gasteiger partial charge in [-0.2, -0.15) is 4.31 Å². The van der Waals surface area contributed by atoms with Crippen LogP contribution in [0.1, 0.15) is 12.8 Å². The molecule has 4 rings (SSSR count). The minimum atomic E-state index is -3.55. The van der Waals surface area contributed by atoms with Crippen LogP contribution >= 0.6 is 23.1 Å². The van der Waals surface area contributed by atoms with Crippen molar-refractivity contribution in [1.29, 1.82) is 0 Å². The van der Waals surface area contributed by atoms with Crippen LogP contribution in [-0.2, 0) is 14.8 Å². The summed E-state index contributed by atoms with van der Waals surface area (Å²) in [6.07, 6.45) is 2.89. The highest BCUT2D eigenvalue weighted by Crippen LogP contribution is 2.29. The van der Waals surface area contributed by atoms with Gasteiger partial charge in [-0.15, -0.1) is 22.0 Å². The average Bonchev–Trinajstić information content (AvgIpc) is 3.28. The van der Waals surface area contributed by atoms with Gasteiger partial charge in [0.2, 0.25) is 21.1 Å². The summed E-state index contributed by atoms with van der Waals surface area (Å²) < 4.78 is 27.2. The second-order valence-corrected chi connectivity index (χ2v) is 10.9. The Morgan fingerprint density at radius 2 is 1.74 bits per heavy atom. The lowest BCUT2D eigenvalue weighted by Gasteiger charge is -2.30. The molecule has 0 aliphatic carbocycles. The first-order valence-electron chi connectivity index (χ1n) is 9.81. The number of benzene rings is 2. The number of carbonyl (C=O) groups is 1. The summed E-state index contributed by atoms with van der Waals surface area (Å²) in [5.41, 5.74) is 0.949. The molecule has 2 heterocycles. The SMILES string of the molecule is CSc1ccc(S(=O)(=O)N2CCC(C(=O)Nc3nnc(-c4ccccc4)s3)CC2)cc1. The summed E-state index contributed by atoms with van der Waals surface area (Å²) in [6, 6.07) is 16.6. The van der Waals surface area contributed by atoms with Crippen LogP contribution in [-0.4, -0.2) is 48.2 Å². The Morgan fingerprint density at radius 1 is 1.06 bits per heavy atom. The molecular weight excluding hydrogens is 452 g/mol. The van der Waals surface area contributed by atoms with Crippen LogP contribution < -0.4 is 5.32 Å². The fourth-order valence-electron chi connectivity index (χ4n) is 3.43. The van der Waals surface area contributed by atoms with E-state index in [0.29, 0.717) is 31.1 Å². The molecular formula is C21H22N4O3S3. The second kappa shape index (κ2) is 9.47. The lowest BCUT2D eigenvalue weighted by molar-refractivity contribution is -0.120. The predicted molar refractivity (Wildman–Crippen MR) is 124 cm³/mol. The Kier molecular flexibility index (Phi) is 6.71. The molecule has 1 amide bonds. The second-order valence-electron chi connectivity index (χ2n) is 7.12. The van der Waals surface area contributed by atoms with Gasteiger partial charge in [0.1, 0.15) is 5.01 Å². The number of hydrogen-bond donors (Lipinski definition) is 1. The first-order chi connectivity index (χ1) is 15.0. The number of nitrogens with zero attached hydrogens (tertiary/aromatic N) is 3. The molecule has 0 spiro atoms. The number of piperidine rings is 1. The highest BCUT2D eigenvalue weighted by molar-refractivity contribution is 7.98. The van der Waals surface area contributed by atoms with Crippen molar-refractivity contribution in [3.63, 3.8) is 0 Å². The maximum Gasteiger partial charge on any atom is 0.243 e. The minimum absolute atomic E-state index is 0.142. The summed E-state index contributed by atoms with van der Waals surface area (Å²) in [5, 5.41) is 12.2. The molecule has 0 radical (unpaired) electrons. The van der Waals surface area contributed by atoms with E-state index in [4.69, 9.17) is 0 Å². The normalized spacial score (nSPS) is 15.6. The zero-order valence-electron chi connectivity index (χ0n) is 16.9. The van der Waals surface area contributed by atoms with Gasteiger partial charge in [-0.25, -0.2) is 8.42 Å². The number of rotatable bonds is 6. The predicted octanol–water partition coefficient (Wildman–Crippen LogP) is 3.97. The number of amides is 1. The standard InChI is InChI=1S/C21H22N4O3S3/c1-29-17-7-9-18(10-8-17)31(27,28)25-13-11-15(12-14-25)19(26)22-21-24-23-20(30-21)16-5-3-2-4-6-16/h2-10,15H,11-14H2,1H3,(H,22,24,26). The molecule has 0 saturated carbocycles. The van der Waals surface area contributed by atoms with E-state index in [1.165, 1.54) is 15.6 Å². The van der Waals surface area contributed by atoms with E-state index < -0.39 is 10.0 Å². The highest BCUT2D eigenvalue weighted by Gasteiger charge is 2.32. The van der Waals surface area contributed by atoms with Crippen LogP contribution in [0.5, 0.6) is 0 Å². The van der Waals surface area contributed by atoms with Gasteiger partial charge >= 0.3 is 0 Å². The molecule has 7 nitrogen and oxygen atoms in total. The molecule has 1 aliphatic heterocycles.